The van der Waals surface area contributed by atoms with Crippen LogP contribution in [-0.2, 0) is 16.1 Å². The number of aryl methyl sites for hydroxylation is 1. The number of nitrogens with zero attached hydrogens (tertiary/aromatic N) is 3. The average Bonchev–Trinajstić information content (AvgIpc) is 2.80. The summed E-state index contributed by atoms with van der Waals surface area (Å²) in [5.74, 6) is 1.20. The highest BCUT2D eigenvalue weighted by molar-refractivity contribution is 5.82. The van der Waals surface area contributed by atoms with Gasteiger partial charge in [0.05, 0.1) is 6.54 Å². The van der Waals surface area contributed by atoms with E-state index in [0.29, 0.717) is 19.0 Å². The first-order chi connectivity index (χ1) is 15.1. The van der Waals surface area contributed by atoms with Gasteiger partial charge >= 0.3 is 6.09 Å². The molecule has 1 aromatic carbocycles. The van der Waals surface area contributed by atoms with Gasteiger partial charge in [0.1, 0.15) is 12.4 Å². The number of hydrogen-bond acceptors (Lipinski definition) is 7. The van der Waals surface area contributed by atoms with Crippen molar-refractivity contribution < 1.29 is 14.3 Å². The van der Waals surface area contributed by atoms with E-state index < -0.39 is 6.09 Å². The summed E-state index contributed by atoms with van der Waals surface area (Å²) in [6.07, 6.45) is 3.01. The predicted octanol–water partition coefficient (Wildman–Crippen LogP) is 2.23. The van der Waals surface area contributed by atoms with Gasteiger partial charge in [0.25, 0.3) is 0 Å². The first-order valence-electron chi connectivity index (χ1n) is 10.7. The SMILES string of the molecule is Cc1cc(N2CCCCC2)nc(NCCNC(=O)CNC(=O)OCc2ccccc2)n1. The van der Waals surface area contributed by atoms with Gasteiger partial charge in [-0.05, 0) is 31.7 Å². The number of alkyl carbamates (subject to hydrolysis) is 1. The maximum Gasteiger partial charge on any atom is 0.407 e. The molecule has 0 radical (unpaired) electrons. The molecule has 2 aromatic rings. The number of anilines is 2. The largest absolute Gasteiger partial charge is 0.445 e. The van der Waals surface area contributed by atoms with Crippen LogP contribution in [0, 0.1) is 6.92 Å². The number of carbonyl (C=O) groups is 2. The minimum atomic E-state index is -0.629. The van der Waals surface area contributed by atoms with Gasteiger partial charge in [-0.1, -0.05) is 30.3 Å². The van der Waals surface area contributed by atoms with Gasteiger partial charge in [0, 0.05) is 37.9 Å². The van der Waals surface area contributed by atoms with Crippen LogP contribution in [0.1, 0.15) is 30.5 Å². The number of nitrogens with one attached hydrogen (secondary N) is 3. The number of benzene rings is 1. The fourth-order valence-electron chi connectivity index (χ4n) is 3.28. The Hall–Kier alpha value is -3.36. The number of hydrogen-bond donors (Lipinski definition) is 3. The van der Waals surface area contributed by atoms with E-state index in [4.69, 9.17) is 4.74 Å². The molecular weight excluding hydrogens is 396 g/mol. The van der Waals surface area contributed by atoms with Crippen molar-refractivity contribution in [1.29, 1.82) is 0 Å². The second kappa shape index (κ2) is 11.7. The molecular formula is C22H30N6O3. The molecule has 1 fully saturated rings. The molecule has 0 bridgehead atoms. The van der Waals surface area contributed by atoms with Crippen LogP contribution in [0.4, 0.5) is 16.6 Å². The highest BCUT2D eigenvalue weighted by atomic mass is 16.5. The van der Waals surface area contributed by atoms with E-state index in [1.54, 1.807) is 0 Å². The summed E-state index contributed by atoms with van der Waals surface area (Å²) in [6, 6.07) is 11.4. The third kappa shape index (κ3) is 7.76. The lowest BCUT2D eigenvalue weighted by Gasteiger charge is -2.28. The van der Waals surface area contributed by atoms with Crippen molar-refractivity contribution >= 4 is 23.8 Å². The summed E-state index contributed by atoms with van der Waals surface area (Å²) in [7, 11) is 0. The highest BCUT2D eigenvalue weighted by Crippen LogP contribution is 2.19. The quantitative estimate of drug-likeness (QED) is 0.528. The Kier molecular flexibility index (Phi) is 8.45. The van der Waals surface area contributed by atoms with Gasteiger partial charge in [-0.25, -0.2) is 9.78 Å². The van der Waals surface area contributed by atoms with E-state index in [2.05, 4.69) is 30.8 Å². The Morgan fingerprint density at radius 1 is 1.03 bits per heavy atom. The third-order valence-corrected chi connectivity index (χ3v) is 4.86. The van der Waals surface area contributed by atoms with Gasteiger partial charge in [0.2, 0.25) is 11.9 Å². The average molecular weight is 427 g/mol. The van der Waals surface area contributed by atoms with Crippen molar-refractivity contribution in [2.75, 3.05) is 42.9 Å². The van der Waals surface area contributed by atoms with E-state index in [1.807, 2.05) is 43.3 Å². The van der Waals surface area contributed by atoms with Crippen LogP contribution in [0.2, 0.25) is 0 Å². The van der Waals surface area contributed by atoms with Crippen LogP contribution in [0.3, 0.4) is 0 Å². The number of amides is 2. The Balaban J connectivity index is 1.32. The normalized spacial score (nSPS) is 13.4. The van der Waals surface area contributed by atoms with Crippen LogP contribution in [-0.4, -0.2) is 54.7 Å². The molecule has 0 unspecified atom stereocenters. The summed E-state index contributed by atoms with van der Waals surface area (Å²) in [6.45, 7) is 4.87. The Morgan fingerprint density at radius 2 is 1.81 bits per heavy atom. The lowest BCUT2D eigenvalue weighted by Crippen LogP contribution is -2.39. The number of rotatable bonds is 9. The maximum atomic E-state index is 11.9. The van der Waals surface area contributed by atoms with Crippen molar-refractivity contribution in [2.45, 2.75) is 32.8 Å². The zero-order valence-electron chi connectivity index (χ0n) is 17.9. The summed E-state index contributed by atoms with van der Waals surface area (Å²) in [4.78, 5) is 34.9. The Morgan fingerprint density at radius 3 is 2.58 bits per heavy atom. The van der Waals surface area contributed by atoms with Crippen molar-refractivity contribution in [1.82, 2.24) is 20.6 Å². The molecule has 3 N–H and O–H groups in total. The van der Waals surface area contributed by atoms with E-state index in [-0.39, 0.29) is 19.1 Å². The zero-order chi connectivity index (χ0) is 21.9. The fourth-order valence-corrected chi connectivity index (χ4v) is 3.28. The Bertz CT molecular complexity index is 856. The summed E-state index contributed by atoms with van der Waals surface area (Å²) in [5.41, 5.74) is 1.79. The molecule has 166 valence electrons. The molecule has 9 nitrogen and oxygen atoms in total. The number of aromatic nitrogens is 2. The molecule has 1 aliphatic rings. The molecule has 0 atom stereocenters. The molecule has 0 saturated carbocycles. The monoisotopic (exact) mass is 426 g/mol. The van der Waals surface area contributed by atoms with Crippen molar-refractivity contribution in [3.8, 4) is 0 Å². The smallest absolute Gasteiger partial charge is 0.407 e. The molecule has 1 saturated heterocycles. The van der Waals surface area contributed by atoms with Crippen LogP contribution >= 0.6 is 0 Å². The van der Waals surface area contributed by atoms with Gasteiger partial charge < -0.3 is 25.6 Å². The molecule has 2 heterocycles. The van der Waals surface area contributed by atoms with Crippen LogP contribution in [0.15, 0.2) is 36.4 Å². The standard InChI is InChI=1S/C22H30N6O3/c1-17-14-19(28-12-6-3-7-13-28)27-21(26-17)24-11-10-23-20(29)15-25-22(30)31-16-18-8-4-2-5-9-18/h2,4-5,8-9,14H,3,6-7,10-13,15-16H2,1H3,(H,23,29)(H,25,30)(H,24,26,27). The van der Waals surface area contributed by atoms with E-state index in [1.165, 1.54) is 19.3 Å². The van der Waals surface area contributed by atoms with Gasteiger partial charge in [-0.15, -0.1) is 0 Å². The molecule has 2 amide bonds. The first kappa shape index (κ1) is 22.3. The van der Waals surface area contributed by atoms with Crippen LogP contribution < -0.4 is 20.9 Å². The van der Waals surface area contributed by atoms with Gasteiger partial charge in [-0.3, -0.25) is 4.79 Å². The van der Waals surface area contributed by atoms with Gasteiger partial charge in [-0.2, -0.15) is 4.98 Å². The topological polar surface area (TPSA) is 108 Å². The molecule has 1 aliphatic heterocycles. The van der Waals surface area contributed by atoms with E-state index in [9.17, 15) is 9.59 Å². The summed E-state index contributed by atoms with van der Waals surface area (Å²) >= 11 is 0. The van der Waals surface area contributed by atoms with Crippen molar-refractivity contribution in [2.24, 2.45) is 0 Å². The van der Waals surface area contributed by atoms with Crippen molar-refractivity contribution in [3.05, 3.63) is 47.7 Å². The summed E-state index contributed by atoms with van der Waals surface area (Å²) in [5, 5.41) is 8.32. The Labute approximate surface area is 182 Å². The molecule has 3 rings (SSSR count). The minimum Gasteiger partial charge on any atom is -0.445 e. The first-order valence-corrected chi connectivity index (χ1v) is 10.7. The minimum absolute atomic E-state index is 0.145. The molecule has 0 spiro atoms. The third-order valence-electron chi connectivity index (χ3n) is 4.86. The molecule has 9 heteroatoms. The molecule has 0 aliphatic carbocycles. The second-order valence-corrected chi connectivity index (χ2v) is 7.43. The lowest BCUT2D eigenvalue weighted by atomic mass is 10.1. The molecule has 1 aromatic heterocycles. The number of carbonyl (C=O) groups excluding carboxylic acids is 2. The maximum absolute atomic E-state index is 11.9. The lowest BCUT2D eigenvalue weighted by molar-refractivity contribution is -0.120. The second-order valence-electron chi connectivity index (χ2n) is 7.43. The number of ether oxygens (including phenoxy) is 1. The zero-order valence-corrected chi connectivity index (χ0v) is 17.9. The predicted molar refractivity (Wildman–Crippen MR) is 119 cm³/mol. The van der Waals surface area contributed by atoms with Crippen LogP contribution in [0.25, 0.3) is 0 Å². The highest BCUT2D eigenvalue weighted by Gasteiger charge is 2.14. The van der Waals surface area contributed by atoms with Crippen molar-refractivity contribution in [3.63, 3.8) is 0 Å². The fraction of sp³-hybridized carbons (Fsp3) is 0.455. The number of piperidine rings is 1. The molecule has 31 heavy (non-hydrogen) atoms. The van der Waals surface area contributed by atoms with Crippen LogP contribution in [0.5, 0.6) is 0 Å². The van der Waals surface area contributed by atoms with Gasteiger partial charge in [0.15, 0.2) is 0 Å². The van der Waals surface area contributed by atoms with E-state index >= 15 is 0 Å². The summed E-state index contributed by atoms with van der Waals surface area (Å²) < 4.78 is 5.07. The van der Waals surface area contributed by atoms with E-state index in [0.717, 1.165) is 30.2 Å².